The first kappa shape index (κ1) is 28.6. The monoisotopic (exact) mass is 574 g/mol. The van der Waals surface area contributed by atoms with Gasteiger partial charge in [0.25, 0.3) is 5.91 Å². The molecule has 0 aliphatic carbocycles. The highest BCUT2D eigenvalue weighted by Gasteiger charge is 2.35. The molecule has 4 N–H and O–H groups in total. The lowest BCUT2D eigenvalue weighted by atomic mass is 9.82. The second-order valence-corrected chi connectivity index (χ2v) is 10.3. The average molecular weight is 575 g/mol. The number of anilines is 2. The second-order valence-electron chi connectivity index (χ2n) is 8.95. The number of phenols is 1. The van der Waals surface area contributed by atoms with Crippen LogP contribution in [0.1, 0.15) is 24.0 Å². The molecule has 0 saturated carbocycles. The van der Waals surface area contributed by atoms with Gasteiger partial charge in [-0.2, -0.15) is 5.26 Å². The first-order chi connectivity index (χ1) is 19.2. The zero-order chi connectivity index (χ0) is 28.8. The zero-order valence-electron chi connectivity index (χ0n) is 22.0. The first-order valence-electron chi connectivity index (χ1n) is 12.3. The maximum absolute atomic E-state index is 13.6. The molecular formula is C30H27ClN4O4S. The molecule has 8 nitrogen and oxygen atoms in total. The maximum Gasteiger partial charge on any atom is 0.254 e. The number of nitriles is 1. The molecule has 0 saturated heterocycles. The van der Waals surface area contributed by atoms with E-state index in [1.165, 1.54) is 13.2 Å². The highest BCUT2D eigenvalue weighted by atomic mass is 35.5. The number of phenolic OH excluding ortho intramolecular Hbond substituents is 1. The molecule has 0 fully saturated rings. The quantitative estimate of drug-likeness (QED) is 0.257. The average Bonchev–Trinajstić information content (AvgIpc) is 2.94. The summed E-state index contributed by atoms with van der Waals surface area (Å²) in [5, 5.41) is 30.4. The van der Waals surface area contributed by atoms with Gasteiger partial charge in [-0.1, -0.05) is 53.7 Å². The number of amides is 2. The number of hydrogen-bond donors (Lipinski definition) is 4. The Morgan fingerprint density at radius 3 is 2.55 bits per heavy atom. The summed E-state index contributed by atoms with van der Waals surface area (Å²) in [5.41, 5.74) is 3.65. The highest BCUT2D eigenvalue weighted by Crippen LogP contribution is 2.43. The normalized spacial score (nSPS) is 14.7. The fourth-order valence-corrected chi connectivity index (χ4v) is 5.39. The van der Waals surface area contributed by atoms with E-state index in [2.05, 4.69) is 22.0 Å². The molecule has 0 aromatic heterocycles. The number of halogens is 1. The van der Waals surface area contributed by atoms with Gasteiger partial charge in [-0.3, -0.25) is 9.59 Å². The smallest absolute Gasteiger partial charge is 0.254 e. The topological polar surface area (TPSA) is 123 Å². The molecule has 1 heterocycles. The van der Waals surface area contributed by atoms with Crippen molar-refractivity contribution in [3.05, 3.63) is 105 Å². The van der Waals surface area contributed by atoms with Crippen LogP contribution in [-0.2, 0) is 9.59 Å². The van der Waals surface area contributed by atoms with Crippen molar-refractivity contribution >= 4 is 46.6 Å². The van der Waals surface area contributed by atoms with Crippen molar-refractivity contribution < 1.29 is 19.4 Å². The lowest BCUT2D eigenvalue weighted by Crippen LogP contribution is -2.31. The van der Waals surface area contributed by atoms with E-state index in [9.17, 15) is 20.0 Å². The molecule has 1 aliphatic heterocycles. The summed E-state index contributed by atoms with van der Waals surface area (Å²) in [6.45, 7) is 3.56. The molecule has 10 heteroatoms. The van der Waals surface area contributed by atoms with Crippen molar-refractivity contribution in [3.63, 3.8) is 0 Å². The maximum atomic E-state index is 13.6. The third-order valence-corrected chi connectivity index (χ3v) is 7.78. The van der Waals surface area contributed by atoms with E-state index in [1.807, 2.05) is 25.1 Å². The van der Waals surface area contributed by atoms with E-state index in [1.54, 1.807) is 49.4 Å². The zero-order valence-corrected chi connectivity index (χ0v) is 23.6. The number of hydrogen-bond acceptors (Lipinski definition) is 7. The van der Waals surface area contributed by atoms with E-state index in [0.717, 1.165) is 17.3 Å². The largest absolute Gasteiger partial charge is 0.504 e. The van der Waals surface area contributed by atoms with Gasteiger partial charge < -0.3 is 25.8 Å². The van der Waals surface area contributed by atoms with E-state index in [-0.39, 0.29) is 34.6 Å². The molecule has 2 amide bonds. The van der Waals surface area contributed by atoms with Gasteiger partial charge in [0.15, 0.2) is 11.5 Å². The number of rotatable bonds is 8. The molecule has 3 aromatic carbocycles. The minimum absolute atomic E-state index is 0.00388. The van der Waals surface area contributed by atoms with Crippen LogP contribution >= 0.6 is 23.4 Å². The van der Waals surface area contributed by atoms with Crippen LogP contribution in [0, 0.1) is 18.3 Å². The van der Waals surface area contributed by atoms with Crippen molar-refractivity contribution in [2.75, 3.05) is 23.5 Å². The number of allylic oxidation sites excluding steroid dienone is 2. The van der Waals surface area contributed by atoms with Gasteiger partial charge in [0.2, 0.25) is 5.91 Å². The van der Waals surface area contributed by atoms with E-state index < -0.39 is 5.92 Å². The van der Waals surface area contributed by atoms with Crippen molar-refractivity contribution in [2.45, 2.75) is 19.8 Å². The van der Waals surface area contributed by atoms with Crippen LogP contribution in [-0.4, -0.2) is 29.8 Å². The van der Waals surface area contributed by atoms with Gasteiger partial charge >= 0.3 is 0 Å². The molecule has 3 aromatic rings. The number of carbonyl (C=O) groups is 2. The number of methoxy groups -OCH3 is 1. The molecule has 40 heavy (non-hydrogen) atoms. The fraction of sp³-hybridized carbons (Fsp3) is 0.167. The minimum Gasteiger partial charge on any atom is -0.504 e. The Labute approximate surface area is 241 Å². The minimum atomic E-state index is -0.787. The van der Waals surface area contributed by atoms with Gasteiger partial charge in [0.1, 0.15) is 0 Å². The van der Waals surface area contributed by atoms with Crippen LogP contribution in [0.3, 0.4) is 0 Å². The summed E-state index contributed by atoms with van der Waals surface area (Å²) in [6.07, 6.45) is 0. The van der Waals surface area contributed by atoms with Crippen molar-refractivity contribution in [1.82, 2.24) is 5.32 Å². The summed E-state index contributed by atoms with van der Waals surface area (Å²) in [7, 11) is 1.42. The number of dihydropyridines is 1. The molecule has 204 valence electrons. The summed E-state index contributed by atoms with van der Waals surface area (Å²) in [5.74, 6) is -1.31. The second kappa shape index (κ2) is 12.6. The number of ether oxygens (including phenoxy) is 1. The van der Waals surface area contributed by atoms with Gasteiger partial charge in [-0.25, -0.2) is 0 Å². The summed E-state index contributed by atoms with van der Waals surface area (Å²) in [6, 6.07) is 21.2. The number of benzene rings is 3. The number of thioether (sulfide) groups is 1. The van der Waals surface area contributed by atoms with Crippen LogP contribution < -0.4 is 20.7 Å². The Bertz CT molecular complexity index is 1560. The molecule has 4 rings (SSSR count). The number of para-hydroxylation sites is 1. The standard InChI is InChI=1S/C30H27ClN4O4S/c1-17-22(31)10-7-11-23(17)35-26(37)16-40-30-21(15-32)28(19-12-13-24(36)25(14-19)39-3)27(18(2)33-30)29(38)34-20-8-5-4-6-9-20/h4-14,28,33,36H,16H2,1-3H3,(H,34,38)(H,35,37)/t28-/m1/s1. The third-order valence-electron chi connectivity index (χ3n) is 6.35. The van der Waals surface area contributed by atoms with E-state index in [4.69, 9.17) is 16.3 Å². The summed E-state index contributed by atoms with van der Waals surface area (Å²) >= 11 is 7.33. The van der Waals surface area contributed by atoms with Crippen LogP contribution in [0.15, 0.2) is 88.6 Å². The first-order valence-corrected chi connectivity index (χ1v) is 13.6. The van der Waals surface area contributed by atoms with Crippen LogP contribution in [0.25, 0.3) is 0 Å². The predicted molar refractivity (Wildman–Crippen MR) is 158 cm³/mol. The number of nitrogens with one attached hydrogen (secondary N) is 3. The van der Waals surface area contributed by atoms with Crippen LogP contribution in [0.5, 0.6) is 11.5 Å². The van der Waals surface area contributed by atoms with Gasteiger partial charge in [0, 0.05) is 27.7 Å². The van der Waals surface area contributed by atoms with Crippen molar-refractivity contribution in [2.24, 2.45) is 0 Å². The number of nitrogens with zero attached hydrogens (tertiary/aromatic N) is 1. The molecule has 0 spiro atoms. The number of aromatic hydroxyl groups is 1. The predicted octanol–water partition coefficient (Wildman–Crippen LogP) is 6.07. The van der Waals surface area contributed by atoms with Gasteiger partial charge in [-0.05, 0) is 61.4 Å². The Hall–Kier alpha value is -4.39. The molecule has 0 bridgehead atoms. The van der Waals surface area contributed by atoms with Gasteiger partial charge in [-0.15, -0.1) is 0 Å². The van der Waals surface area contributed by atoms with Crippen molar-refractivity contribution in [3.8, 4) is 17.6 Å². The van der Waals surface area contributed by atoms with E-state index in [0.29, 0.717) is 38.3 Å². The van der Waals surface area contributed by atoms with Crippen LogP contribution in [0.4, 0.5) is 11.4 Å². The van der Waals surface area contributed by atoms with Crippen LogP contribution in [0.2, 0.25) is 5.02 Å². The Balaban J connectivity index is 1.67. The van der Waals surface area contributed by atoms with Gasteiger partial charge in [0.05, 0.1) is 35.5 Å². The third kappa shape index (κ3) is 6.25. The Morgan fingerprint density at radius 2 is 1.85 bits per heavy atom. The molecular weight excluding hydrogens is 548 g/mol. The molecule has 1 aliphatic rings. The molecule has 0 unspecified atom stereocenters. The molecule has 1 atom stereocenters. The lowest BCUT2D eigenvalue weighted by Gasteiger charge is -2.30. The Morgan fingerprint density at radius 1 is 1.10 bits per heavy atom. The highest BCUT2D eigenvalue weighted by molar-refractivity contribution is 8.03. The summed E-state index contributed by atoms with van der Waals surface area (Å²) in [4.78, 5) is 26.4. The fourth-order valence-electron chi connectivity index (χ4n) is 4.32. The SMILES string of the molecule is COc1cc([C@@H]2C(C#N)=C(SCC(=O)Nc3cccc(Cl)c3C)NC(C)=C2C(=O)Nc2ccccc2)ccc1O. The van der Waals surface area contributed by atoms with E-state index >= 15 is 0 Å². The summed E-state index contributed by atoms with van der Waals surface area (Å²) < 4.78 is 5.30. The Kier molecular flexibility index (Phi) is 9.04. The lowest BCUT2D eigenvalue weighted by molar-refractivity contribution is -0.114. The van der Waals surface area contributed by atoms with Crippen molar-refractivity contribution in [1.29, 1.82) is 5.26 Å². The number of carbonyl (C=O) groups excluding carboxylic acids is 2. The molecule has 0 radical (unpaired) electrons.